The molecule has 2 aliphatic rings. The third-order valence-corrected chi connectivity index (χ3v) is 7.15. The first-order valence-electron chi connectivity index (χ1n) is 7.61. The van der Waals surface area contributed by atoms with Crippen molar-refractivity contribution in [2.24, 2.45) is 11.3 Å². The average Bonchev–Trinajstić information content (AvgIpc) is 3.19. The summed E-state index contributed by atoms with van der Waals surface area (Å²) in [5.41, 5.74) is -0.407. The summed E-state index contributed by atoms with van der Waals surface area (Å²) < 4.78 is 27.3. The molecule has 2 aromatic heterocycles. The molecule has 2 fully saturated rings. The summed E-state index contributed by atoms with van der Waals surface area (Å²) in [6, 6.07) is 3.39. The van der Waals surface area contributed by atoms with Crippen molar-refractivity contribution in [3.63, 3.8) is 0 Å². The van der Waals surface area contributed by atoms with Gasteiger partial charge >= 0.3 is 5.97 Å². The minimum atomic E-state index is -3.74. The first-order valence-corrected chi connectivity index (χ1v) is 9.05. The molecule has 122 valence electrons. The number of hydrogen-bond donors (Lipinski definition) is 2. The van der Waals surface area contributed by atoms with E-state index in [9.17, 15) is 18.3 Å². The molecule has 1 saturated heterocycles. The fourth-order valence-corrected chi connectivity index (χ4v) is 5.76. The Balaban J connectivity index is 1.75. The molecule has 0 amide bonds. The number of aliphatic carboxylic acids is 1. The fraction of sp³-hybridized carbons (Fsp3) is 0.467. The number of aromatic nitrogens is 2. The number of pyridine rings is 1. The van der Waals surface area contributed by atoms with Crippen LogP contribution >= 0.6 is 0 Å². The van der Waals surface area contributed by atoms with Crippen LogP contribution in [0.1, 0.15) is 19.3 Å². The van der Waals surface area contributed by atoms with E-state index in [0.29, 0.717) is 17.5 Å². The third-order valence-electron chi connectivity index (χ3n) is 5.30. The average molecular weight is 335 g/mol. The quantitative estimate of drug-likeness (QED) is 0.883. The zero-order valence-corrected chi connectivity index (χ0v) is 13.2. The van der Waals surface area contributed by atoms with Gasteiger partial charge in [-0.05, 0) is 30.9 Å². The van der Waals surface area contributed by atoms with Gasteiger partial charge in [-0.2, -0.15) is 4.31 Å². The Kier molecular flexibility index (Phi) is 3.05. The van der Waals surface area contributed by atoms with Gasteiger partial charge in [0.25, 0.3) is 0 Å². The Morgan fingerprint density at radius 1 is 1.48 bits per heavy atom. The Bertz CT molecular complexity index is 891. The Morgan fingerprint density at radius 2 is 2.30 bits per heavy atom. The first kappa shape index (κ1) is 14.6. The number of rotatable bonds is 3. The topological polar surface area (TPSA) is 103 Å². The highest BCUT2D eigenvalue weighted by molar-refractivity contribution is 7.89. The molecule has 2 atom stereocenters. The maximum Gasteiger partial charge on any atom is 0.311 e. The lowest BCUT2D eigenvalue weighted by atomic mass is 9.81. The van der Waals surface area contributed by atoms with E-state index in [2.05, 4.69) is 9.97 Å². The van der Waals surface area contributed by atoms with Crippen LogP contribution in [0.3, 0.4) is 0 Å². The van der Waals surface area contributed by atoms with Gasteiger partial charge in [0, 0.05) is 30.9 Å². The van der Waals surface area contributed by atoms with Gasteiger partial charge in [0.2, 0.25) is 10.0 Å². The second kappa shape index (κ2) is 4.78. The number of nitrogens with zero attached hydrogens (tertiary/aromatic N) is 2. The normalized spacial score (nSPS) is 28.3. The van der Waals surface area contributed by atoms with Gasteiger partial charge in [-0.1, -0.05) is 6.42 Å². The van der Waals surface area contributed by atoms with E-state index in [-0.39, 0.29) is 23.9 Å². The molecule has 0 aromatic carbocycles. The summed E-state index contributed by atoms with van der Waals surface area (Å²) >= 11 is 0. The van der Waals surface area contributed by atoms with Gasteiger partial charge in [0.05, 0.1) is 5.41 Å². The zero-order valence-electron chi connectivity index (χ0n) is 12.4. The van der Waals surface area contributed by atoms with Crippen molar-refractivity contribution >= 4 is 27.0 Å². The predicted octanol–water partition coefficient (Wildman–Crippen LogP) is 1.44. The number of carboxylic acids is 1. The minimum absolute atomic E-state index is 0.0578. The van der Waals surface area contributed by atoms with Gasteiger partial charge in [0.1, 0.15) is 10.5 Å². The highest BCUT2D eigenvalue weighted by Gasteiger charge is 2.57. The number of carbonyl (C=O) groups is 1. The van der Waals surface area contributed by atoms with Crippen LogP contribution in [0.4, 0.5) is 0 Å². The van der Waals surface area contributed by atoms with E-state index in [1.807, 2.05) is 0 Å². The molecule has 0 spiro atoms. The lowest BCUT2D eigenvalue weighted by molar-refractivity contribution is -0.149. The summed E-state index contributed by atoms with van der Waals surface area (Å²) in [5.74, 6) is -0.976. The number of aromatic amines is 1. The van der Waals surface area contributed by atoms with Crippen LogP contribution in [0, 0.1) is 11.3 Å². The predicted molar refractivity (Wildman–Crippen MR) is 82.3 cm³/mol. The summed E-state index contributed by atoms with van der Waals surface area (Å²) in [5, 5.41) is 10.2. The third kappa shape index (κ3) is 1.94. The van der Waals surface area contributed by atoms with Crippen LogP contribution in [0.2, 0.25) is 0 Å². The maximum absolute atomic E-state index is 13.0. The number of nitrogens with one attached hydrogen (secondary N) is 1. The zero-order chi connectivity index (χ0) is 16.2. The van der Waals surface area contributed by atoms with E-state index in [4.69, 9.17) is 0 Å². The lowest BCUT2D eigenvalue weighted by Crippen LogP contribution is -2.37. The van der Waals surface area contributed by atoms with E-state index in [0.717, 1.165) is 12.8 Å². The van der Waals surface area contributed by atoms with Crippen LogP contribution in [-0.2, 0) is 14.8 Å². The SMILES string of the molecule is O=C(O)[C@@]12CCC[C@H]1CN(S(=O)(=O)c1c[nH]c3ncccc13)C2. The van der Waals surface area contributed by atoms with E-state index >= 15 is 0 Å². The smallest absolute Gasteiger partial charge is 0.311 e. The highest BCUT2D eigenvalue weighted by Crippen LogP contribution is 2.50. The van der Waals surface area contributed by atoms with Crippen LogP contribution in [0.25, 0.3) is 11.0 Å². The van der Waals surface area contributed by atoms with Crippen LogP contribution in [-0.4, -0.2) is 46.9 Å². The van der Waals surface area contributed by atoms with Crippen molar-refractivity contribution in [2.75, 3.05) is 13.1 Å². The molecule has 3 heterocycles. The lowest BCUT2D eigenvalue weighted by Gasteiger charge is -2.23. The summed E-state index contributed by atoms with van der Waals surface area (Å²) in [6.45, 7) is 0.337. The van der Waals surface area contributed by atoms with Crippen molar-refractivity contribution in [1.29, 1.82) is 0 Å². The Labute approximate surface area is 133 Å². The van der Waals surface area contributed by atoms with Crippen LogP contribution < -0.4 is 0 Å². The second-order valence-corrected chi connectivity index (χ2v) is 8.31. The van der Waals surface area contributed by atoms with Gasteiger partial charge in [0.15, 0.2) is 0 Å². The van der Waals surface area contributed by atoms with Crippen molar-refractivity contribution in [3.05, 3.63) is 24.5 Å². The molecule has 0 unspecified atom stereocenters. The molecule has 2 aromatic rings. The van der Waals surface area contributed by atoms with Gasteiger partial charge in [-0.3, -0.25) is 4.79 Å². The molecule has 1 saturated carbocycles. The monoisotopic (exact) mass is 335 g/mol. The minimum Gasteiger partial charge on any atom is -0.481 e. The molecule has 2 N–H and O–H groups in total. The Morgan fingerprint density at radius 3 is 3.04 bits per heavy atom. The van der Waals surface area contributed by atoms with Crippen molar-refractivity contribution in [2.45, 2.75) is 24.2 Å². The molecule has 23 heavy (non-hydrogen) atoms. The molecular weight excluding hydrogens is 318 g/mol. The van der Waals surface area contributed by atoms with E-state index < -0.39 is 21.4 Å². The largest absolute Gasteiger partial charge is 0.481 e. The van der Waals surface area contributed by atoms with Crippen molar-refractivity contribution < 1.29 is 18.3 Å². The second-order valence-electron chi connectivity index (χ2n) is 6.40. The van der Waals surface area contributed by atoms with E-state index in [1.165, 1.54) is 10.5 Å². The molecule has 1 aliphatic heterocycles. The molecule has 4 rings (SSSR count). The number of carboxylic acid groups (broad SMARTS) is 1. The van der Waals surface area contributed by atoms with E-state index in [1.54, 1.807) is 18.3 Å². The van der Waals surface area contributed by atoms with Crippen LogP contribution in [0.5, 0.6) is 0 Å². The fourth-order valence-electron chi connectivity index (χ4n) is 4.06. The van der Waals surface area contributed by atoms with Gasteiger partial charge in [-0.25, -0.2) is 13.4 Å². The molecule has 8 heteroatoms. The number of fused-ring (bicyclic) bond motifs is 2. The van der Waals surface area contributed by atoms with Crippen molar-refractivity contribution in [3.8, 4) is 0 Å². The summed E-state index contributed by atoms with van der Waals surface area (Å²) in [6.07, 6.45) is 5.20. The standard InChI is InChI=1S/C15H17N3O4S/c19-14(20)15-5-1-3-10(15)8-18(9-15)23(21,22)12-7-17-13-11(12)4-2-6-16-13/h2,4,6-7,10H,1,3,5,8-9H2,(H,16,17)(H,19,20)/t10-,15+/m0/s1. The molecular formula is C15H17N3O4S. The number of H-pyrrole nitrogens is 1. The Hall–Kier alpha value is -1.93. The molecule has 0 bridgehead atoms. The number of hydrogen-bond acceptors (Lipinski definition) is 4. The molecule has 0 radical (unpaired) electrons. The summed E-state index contributed by atoms with van der Waals surface area (Å²) in [4.78, 5) is 18.9. The number of sulfonamides is 1. The van der Waals surface area contributed by atoms with Gasteiger partial charge in [-0.15, -0.1) is 0 Å². The maximum atomic E-state index is 13.0. The van der Waals surface area contributed by atoms with Crippen LogP contribution in [0.15, 0.2) is 29.4 Å². The molecule has 7 nitrogen and oxygen atoms in total. The first-order chi connectivity index (χ1) is 10.9. The highest BCUT2D eigenvalue weighted by atomic mass is 32.2. The molecule has 1 aliphatic carbocycles. The summed E-state index contributed by atoms with van der Waals surface area (Å²) in [7, 11) is -3.74. The van der Waals surface area contributed by atoms with Gasteiger partial charge < -0.3 is 10.1 Å². The van der Waals surface area contributed by atoms with Crippen molar-refractivity contribution in [1.82, 2.24) is 14.3 Å².